The van der Waals surface area contributed by atoms with Gasteiger partial charge in [0.2, 0.25) is 0 Å². The molecule has 0 aliphatic heterocycles. The third-order valence-corrected chi connectivity index (χ3v) is 9.43. The lowest BCUT2D eigenvalue weighted by atomic mass is 10.0. The standard InChI is InChI=1S/C26H34N2.C14H20Br2/c1-23-11-3-7-19-27(23)21-9-5-13-25-15-17-26(18-16-25)14-6-10-22-28-20-8-4-12-24(28)2;15-11-3-1-5-13-7-9-14(10-8-13)6-2-4-12-16/h3-4,7-8,11-12,15-20H,5-6,9-10,13-14,21-22H2,1-2H3;7-10H,1-6,11-12H2/q+2;. The van der Waals surface area contributed by atoms with E-state index in [1.165, 1.54) is 111 Å². The van der Waals surface area contributed by atoms with Gasteiger partial charge in [-0.15, -0.1) is 0 Å². The van der Waals surface area contributed by atoms with E-state index in [0.29, 0.717) is 0 Å². The number of rotatable bonds is 18. The Morgan fingerprint density at radius 1 is 0.409 bits per heavy atom. The van der Waals surface area contributed by atoms with Gasteiger partial charge in [0.1, 0.15) is 13.1 Å². The second kappa shape index (κ2) is 22.2. The van der Waals surface area contributed by atoms with Crippen LogP contribution in [0.2, 0.25) is 0 Å². The number of halogens is 2. The van der Waals surface area contributed by atoms with Crippen molar-refractivity contribution >= 4 is 31.9 Å². The molecule has 4 aromatic rings. The minimum Gasteiger partial charge on any atom is -0.203 e. The lowest BCUT2D eigenvalue weighted by Gasteiger charge is -2.05. The van der Waals surface area contributed by atoms with Crippen LogP contribution in [-0.4, -0.2) is 10.7 Å². The van der Waals surface area contributed by atoms with Gasteiger partial charge < -0.3 is 0 Å². The van der Waals surface area contributed by atoms with Crippen molar-refractivity contribution in [2.45, 2.75) is 104 Å². The van der Waals surface area contributed by atoms with Crippen molar-refractivity contribution in [1.29, 1.82) is 0 Å². The van der Waals surface area contributed by atoms with Gasteiger partial charge >= 0.3 is 0 Å². The van der Waals surface area contributed by atoms with E-state index in [0.717, 1.165) is 23.7 Å². The molecule has 2 nitrogen and oxygen atoms in total. The fraction of sp³-hybridized carbons (Fsp3) is 0.450. The molecule has 0 aliphatic carbocycles. The van der Waals surface area contributed by atoms with Crippen LogP contribution in [0.3, 0.4) is 0 Å². The number of benzene rings is 2. The van der Waals surface area contributed by atoms with Gasteiger partial charge in [0.25, 0.3) is 0 Å². The van der Waals surface area contributed by atoms with Crippen LogP contribution in [0.15, 0.2) is 97.3 Å². The molecule has 0 unspecified atom stereocenters. The summed E-state index contributed by atoms with van der Waals surface area (Å²) in [5.74, 6) is 0. The van der Waals surface area contributed by atoms with E-state index in [-0.39, 0.29) is 0 Å². The van der Waals surface area contributed by atoms with Crippen LogP contribution in [-0.2, 0) is 38.8 Å². The Hall–Kier alpha value is -2.30. The highest BCUT2D eigenvalue weighted by atomic mass is 79.9. The van der Waals surface area contributed by atoms with Gasteiger partial charge in [0, 0.05) is 61.6 Å². The van der Waals surface area contributed by atoms with Crippen LogP contribution < -0.4 is 9.13 Å². The lowest BCUT2D eigenvalue weighted by molar-refractivity contribution is -0.703. The average molecular weight is 723 g/mol. The fourth-order valence-electron chi connectivity index (χ4n) is 5.44. The topological polar surface area (TPSA) is 7.76 Å². The second-order valence-electron chi connectivity index (χ2n) is 11.9. The largest absolute Gasteiger partial charge is 0.203 e. The van der Waals surface area contributed by atoms with E-state index in [1.807, 2.05) is 0 Å². The highest BCUT2D eigenvalue weighted by Crippen LogP contribution is 2.12. The maximum Gasteiger partial charge on any atom is 0.178 e. The molecular weight excluding hydrogens is 668 g/mol. The molecule has 236 valence electrons. The molecule has 0 atom stereocenters. The predicted octanol–water partition coefficient (Wildman–Crippen LogP) is 10.0. The number of aromatic nitrogens is 2. The number of unbranched alkanes of at least 4 members (excludes halogenated alkanes) is 4. The molecule has 0 saturated heterocycles. The van der Waals surface area contributed by atoms with E-state index in [4.69, 9.17) is 0 Å². The van der Waals surface area contributed by atoms with Gasteiger partial charge in [0.05, 0.1) is 0 Å². The maximum absolute atomic E-state index is 3.47. The molecular formula is C40H54Br2N2+2. The SMILES string of the molecule is BrCCCCc1ccc(CCCCBr)cc1.Cc1cccc[n+]1CCCCc1ccc(CCCC[n+]2ccccc2C)cc1. The zero-order chi connectivity index (χ0) is 31.2. The normalized spacial score (nSPS) is 10.8. The zero-order valence-corrected chi connectivity index (χ0v) is 30.4. The van der Waals surface area contributed by atoms with Crippen LogP contribution in [0.5, 0.6) is 0 Å². The Bertz CT molecular complexity index is 1200. The molecule has 2 heterocycles. The number of hydrogen-bond donors (Lipinski definition) is 0. The van der Waals surface area contributed by atoms with Crippen molar-refractivity contribution in [2.75, 3.05) is 10.7 Å². The Balaban J connectivity index is 0.000000281. The summed E-state index contributed by atoms with van der Waals surface area (Å²) < 4.78 is 4.69. The zero-order valence-electron chi connectivity index (χ0n) is 27.2. The first-order valence-corrected chi connectivity index (χ1v) is 19.0. The molecule has 0 saturated carbocycles. The van der Waals surface area contributed by atoms with Gasteiger partial charge in [0.15, 0.2) is 23.8 Å². The monoisotopic (exact) mass is 720 g/mol. The number of alkyl halides is 2. The number of hydrogen-bond acceptors (Lipinski definition) is 0. The second-order valence-corrected chi connectivity index (χ2v) is 13.5. The summed E-state index contributed by atoms with van der Waals surface area (Å²) >= 11 is 6.93. The Morgan fingerprint density at radius 2 is 0.727 bits per heavy atom. The van der Waals surface area contributed by atoms with Gasteiger partial charge in [-0.1, -0.05) is 92.5 Å². The van der Waals surface area contributed by atoms with E-state index in [1.54, 1.807) is 0 Å². The first-order chi connectivity index (χ1) is 21.6. The summed E-state index contributed by atoms with van der Waals surface area (Å²) in [6, 6.07) is 31.3. The summed E-state index contributed by atoms with van der Waals surface area (Å²) in [4.78, 5) is 0. The molecule has 4 heteroatoms. The summed E-state index contributed by atoms with van der Waals surface area (Å²) in [7, 11) is 0. The molecule has 0 amide bonds. The molecule has 0 radical (unpaired) electrons. The first kappa shape index (κ1) is 36.2. The molecule has 0 spiro atoms. The molecule has 0 N–H and O–H groups in total. The number of pyridine rings is 2. The van der Waals surface area contributed by atoms with Gasteiger partial charge in [-0.2, -0.15) is 0 Å². The lowest BCUT2D eigenvalue weighted by Crippen LogP contribution is -2.36. The Morgan fingerprint density at radius 3 is 1.02 bits per heavy atom. The van der Waals surface area contributed by atoms with E-state index < -0.39 is 0 Å². The van der Waals surface area contributed by atoms with E-state index in [2.05, 4.69) is 152 Å². The van der Waals surface area contributed by atoms with Crippen molar-refractivity contribution in [1.82, 2.24) is 0 Å². The highest BCUT2D eigenvalue weighted by Gasteiger charge is 2.05. The summed E-state index contributed by atoms with van der Waals surface area (Å²) in [5.41, 5.74) is 8.57. The molecule has 0 bridgehead atoms. The van der Waals surface area contributed by atoms with Gasteiger partial charge in [-0.3, -0.25) is 0 Å². The van der Waals surface area contributed by atoms with Crippen LogP contribution in [0, 0.1) is 13.8 Å². The molecule has 0 fully saturated rings. The molecule has 2 aromatic heterocycles. The van der Waals surface area contributed by atoms with Crippen LogP contribution in [0.25, 0.3) is 0 Å². The molecule has 2 aromatic carbocycles. The minimum absolute atomic E-state index is 1.11. The average Bonchev–Trinajstić information content (AvgIpc) is 3.05. The van der Waals surface area contributed by atoms with E-state index >= 15 is 0 Å². The van der Waals surface area contributed by atoms with Crippen LogP contribution >= 0.6 is 31.9 Å². The van der Waals surface area contributed by atoms with E-state index in [9.17, 15) is 0 Å². The fourth-order valence-corrected chi connectivity index (χ4v) is 6.23. The third-order valence-electron chi connectivity index (χ3n) is 8.31. The third kappa shape index (κ3) is 14.7. The Kier molecular flexibility index (Phi) is 18.3. The van der Waals surface area contributed by atoms with Gasteiger partial charge in [-0.05, 0) is 86.5 Å². The first-order valence-electron chi connectivity index (χ1n) is 16.8. The van der Waals surface area contributed by atoms with Crippen molar-refractivity contribution in [2.24, 2.45) is 0 Å². The quantitative estimate of drug-likeness (QED) is 0.0549. The van der Waals surface area contributed by atoms with Crippen LogP contribution in [0.1, 0.15) is 85.0 Å². The predicted molar refractivity (Wildman–Crippen MR) is 195 cm³/mol. The van der Waals surface area contributed by atoms with Crippen molar-refractivity contribution in [3.63, 3.8) is 0 Å². The molecule has 4 rings (SSSR count). The van der Waals surface area contributed by atoms with Gasteiger partial charge in [-0.25, -0.2) is 9.13 Å². The maximum atomic E-state index is 3.47. The van der Waals surface area contributed by atoms with Crippen molar-refractivity contribution in [3.8, 4) is 0 Å². The van der Waals surface area contributed by atoms with Crippen molar-refractivity contribution in [3.05, 3.63) is 131 Å². The van der Waals surface area contributed by atoms with Crippen molar-refractivity contribution < 1.29 is 9.13 Å². The summed E-state index contributed by atoms with van der Waals surface area (Å²) in [5, 5.41) is 2.25. The minimum atomic E-state index is 1.11. The smallest absolute Gasteiger partial charge is 0.178 e. The highest BCUT2D eigenvalue weighted by molar-refractivity contribution is 9.09. The molecule has 0 aliphatic rings. The molecule has 44 heavy (non-hydrogen) atoms. The van der Waals surface area contributed by atoms with Crippen LogP contribution in [0.4, 0.5) is 0 Å². The number of nitrogens with zero attached hydrogens (tertiary/aromatic N) is 2. The number of aryl methyl sites for hydroxylation is 8. The summed E-state index contributed by atoms with van der Waals surface area (Å²) in [6.45, 7) is 6.59. The summed E-state index contributed by atoms with van der Waals surface area (Å²) in [6.07, 6.45) is 19.2. The Labute approximate surface area is 285 Å².